The van der Waals surface area contributed by atoms with Crippen LogP contribution in [0.3, 0.4) is 0 Å². The van der Waals surface area contributed by atoms with E-state index in [4.69, 9.17) is 5.73 Å². The van der Waals surface area contributed by atoms with Crippen molar-refractivity contribution in [3.8, 4) is 5.69 Å². The van der Waals surface area contributed by atoms with E-state index in [1.165, 1.54) is 0 Å². The molecular weight excluding hydrogens is 417 g/mol. The molecule has 3 aromatic rings. The molecule has 2 N–H and O–H groups in total. The summed E-state index contributed by atoms with van der Waals surface area (Å²) in [6, 6.07) is 12.2. The highest BCUT2D eigenvalue weighted by Crippen LogP contribution is 2.29. The monoisotopic (exact) mass is 427 g/mol. The van der Waals surface area contributed by atoms with Gasteiger partial charge in [-0.25, -0.2) is 4.98 Å². The molecule has 0 atom stereocenters. The van der Waals surface area contributed by atoms with E-state index in [1.54, 1.807) is 0 Å². The van der Waals surface area contributed by atoms with Crippen LogP contribution >= 0.6 is 38.5 Å². The van der Waals surface area contributed by atoms with Crippen LogP contribution in [0, 0.1) is 10.5 Å². The Kier molecular flexibility index (Phi) is 3.26. The van der Waals surface area contributed by atoms with E-state index in [0.29, 0.717) is 5.95 Å². The number of halogens is 2. The average molecular weight is 428 g/mol. The topological polar surface area (TPSA) is 43.8 Å². The number of hydrogen-bond donors (Lipinski definition) is 1. The largest absolute Gasteiger partial charge is 0.369 e. The van der Waals surface area contributed by atoms with Crippen molar-refractivity contribution in [1.82, 2.24) is 9.55 Å². The molecule has 0 spiro atoms. The van der Waals surface area contributed by atoms with Crippen LogP contribution in [0.1, 0.15) is 5.56 Å². The number of imidazole rings is 1. The van der Waals surface area contributed by atoms with Crippen molar-refractivity contribution < 1.29 is 0 Å². The molecule has 0 aliphatic rings. The Morgan fingerprint density at radius 1 is 1.26 bits per heavy atom. The molecule has 0 radical (unpaired) electrons. The summed E-state index contributed by atoms with van der Waals surface area (Å²) in [7, 11) is 0. The SMILES string of the molecule is Cc1c(Br)cccc1-n1c(N)nc2cc(I)ccc21. The second-order valence-corrected chi connectivity index (χ2v) is 6.42. The van der Waals surface area contributed by atoms with E-state index in [9.17, 15) is 0 Å². The molecule has 1 heterocycles. The van der Waals surface area contributed by atoms with Crippen LogP contribution in [0.5, 0.6) is 0 Å². The van der Waals surface area contributed by atoms with Gasteiger partial charge >= 0.3 is 0 Å². The maximum atomic E-state index is 6.09. The smallest absolute Gasteiger partial charge is 0.205 e. The molecule has 0 aliphatic carbocycles. The van der Waals surface area contributed by atoms with Gasteiger partial charge in [-0.15, -0.1) is 0 Å². The minimum Gasteiger partial charge on any atom is -0.369 e. The van der Waals surface area contributed by atoms with Crippen LogP contribution in [0.15, 0.2) is 40.9 Å². The first kappa shape index (κ1) is 12.9. The standard InChI is InChI=1S/C14H11BrIN3/c1-8-10(15)3-2-4-12(8)19-13-6-5-9(16)7-11(13)18-14(19)17/h2-7H,1H3,(H2,17,18). The lowest BCUT2D eigenvalue weighted by molar-refractivity contribution is 1.09. The third-order valence-electron chi connectivity index (χ3n) is 3.12. The van der Waals surface area contributed by atoms with Gasteiger partial charge in [-0.2, -0.15) is 0 Å². The second-order valence-electron chi connectivity index (χ2n) is 4.32. The summed E-state index contributed by atoms with van der Waals surface area (Å²) in [5, 5.41) is 0. The Labute approximate surface area is 133 Å². The van der Waals surface area contributed by atoms with Gasteiger partial charge in [0, 0.05) is 8.04 Å². The Morgan fingerprint density at radius 3 is 2.84 bits per heavy atom. The lowest BCUT2D eigenvalue weighted by Gasteiger charge is -2.11. The van der Waals surface area contributed by atoms with E-state index in [1.807, 2.05) is 22.8 Å². The van der Waals surface area contributed by atoms with Gasteiger partial charge in [-0.3, -0.25) is 4.57 Å². The highest BCUT2D eigenvalue weighted by Gasteiger charge is 2.12. The van der Waals surface area contributed by atoms with Crippen molar-refractivity contribution in [1.29, 1.82) is 0 Å². The second kappa shape index (κ2) is 4.79. The van der Waals surface area contributed by atoms with Crippen LogP contribution in [0.2, 0.25) is 0 Å². The first-order chi connectivity index (χ1) is 9.08. The fourth-order valence-corrected chi connectivity index (χ4v) is 2.99. The average Bonchev–Trinajstić information content (AvgIpc) is 2.68. The first-order valence-electron chi connectivity index (χ1n) is 5.77. The van der Waals surface area contributed by atoms with Gasteiger partial charge in [0.1, 0.15) is 0 Å². The number of nitrogen functional groups attached to an aromatic ring is 1. The van der Waals surface area contributed by atoms with Crippen molar-refractivity contribution in [2.24, 2.45) is 0 Å². The van der Waals surface area contributed by atoms with Gasteiger partial charge in [0.05, 0.1) is 16.7 Å². The number of aromatic nitrogens is 2. The van der Waals surface area contributed by atoms with E-state index in [2.05, 4.69) is 68.6 Å². The molecule has 2 aromatic carbocycles. The Hall–Kier alpha value is -1.08. The molecule has 1 aromatic heterocycles. The van der Waals surface area contributed by atoms with Crippen LogP contribution in [-0.4, -0.2) is 9.55 Å². The molecule has 19 heavy (non-hydrogen) atoms. The summed E-state index contributed by atoms with van der Waals surface area (Å²) in [4.78, 5) is 4.44. The predicted molar refractivity (Wildman–Crippen MR) is 90.6 cm³/mol. The number of rotatable bonds is 1. The molecule has 5 heteroatoms. The molecule has 0 unspecified atom stereocenters. The number of nitrogens with zero attached hydrogens (tertiary/aromatic N) is 2. The number of nitrogens with two attached hydrogens (primary N) is 1. The minimum absolute atomic E-state index is 0.512. The molecule has 3 rings (SSSR count). The molecule has 0 amide bonds. The van der Waals surface area contributed by atoms with Crippen LogP contribution < -0.4 is 5.73 Å². The van der Waals surface area contributed by atoms with Crippen molar-refractivity contribution in [3.63, 3.8) is 0 Å². The zero-order valence-electron chi connectivity index (χ0n) is 10.2. The fraction of sp³-hybridized carbons (Fsp3) is 0.0714. The first-order valence-corrected chi connectivity index (χ1v) is 7.64. The van der Waals surface area contributed by atoms with Crippen molar-refractivity contribution >= 4 is 55.5 Å². The minimum atomic E-state index is 0.512. The molecule has 3 nitrogen and oxygen atoms in total. The molecular formula is C14H11BrIN3. The summed E-state index contributed by atoms with van der Waals surface area (Å²) in [6.07, 6.45) is 0. The molecule has 0 bridgehead atoms. The number of anilines is 1. The maximum Gasteiger partial charge on any atom is 0.205 e. The maximum absolute atomic E-state index is 6.09. The molecule has 0 fully saturated rings. The van der Waals surface area contributed by atoms with Crippen molar-refractivity contribution in [2.45, 2.75) is 6.92 Å². The van der Waals surface area contributed by atoms with Crippen molar-refractivity contribution in [2.75, 3.05) is 5.73 Å². The quantitative estimate of drug-likeness (QED) is 0.589. The highest BCUT2D eigenvalue weighted by atomic mass is 127. The fourth-order valence-electron chi connectivity index (χ4n) is 2.16. The molecule has 0 saturated heterocycles. The summed E-state index contributed by atoms with van der Waals surface area (Å²) in [5.74, 6) is 0.512. The zero-order chi connectivity index (χ0) is 13.6. The van der Waals surface area contributed by atoms with Gasteiger partial charge in [0.2, 0.25) is 5.95 Å². The Morgan fingerprint density at radius 2 is 2.05 bits per heavy atom. The lowest BCUT2D eigenvalue weighted by Crippen LogP contribution is -2.02. The summed E-state index contributed by atoms with van der Waals surface area (Å²) >= 11 is 5.83. The van der Waals surface area contributed by atoms with Crippen LogP contribution in [-0.2, 0) is 0 Å². The van der Waals surface area contributed by atoms with Gasteiger partial charge in [0.25, 0.3) is 0 Å². The van der Waals surface area contributed by atoms with E-state index < -0.39 is 0 Å². The predicted octanol–water partition coefficient (Wildman–Crippen LogP) is 4.28. The highest BCUT2D eigenvalue weighted by molar-refractivity contribution is 14.1. The number of fused-ring (bicyclic) bond motifs is 1. The van der Waals surface area contributed by atoms with E-state index in [0.717, 1.165) is 30.3 Å². The normalized spacial score (nSPS) is 11.1. The molecule has 0 aliphatic heterocycles. The third kappa shape index (κ3) is 2.14. The molecule has 0 saturated carbocycles. The third-order valence-corrected chi connectivity index (χ3v) is 4.65. The Balaban J connectivity index is 2.36. The van der Waals surface area contributed by atoms with E-state index >= 15 is 0 Å². The number of benzene rings is 2. The van der Waals surface area contributed by atoms with Crippen LogP contribution in [0.4, 0.5) is 5.95 Å². The van der Waals surface area contributed by atoms with Gasteiger partial charge in [-0.05, 0) is 65.4 Å². The lowest BCUT2D eigenvalue weighted by atomic mass is 10.2. The van der Waals surface area contributed by atoms with Gasteiger partial charge < -0.3 is 5.73 Å². The molecule has 96 valence electrons. The van der Waals surface area contributed by atoms with E-state index in [-0.39, 0.29) is 0 Å². The van der Waals surface area contributed by atoms with Gasteiger partial charge in [-0.1, -0.05) is 22.0 Å². The number of hydrogen-bond acceptors (Lipinski definition) is 2. The van der Waals surface area contributed by atoms with Gasteiger partial charge in [0.15, 0.2) is 0 Å². The Bertz CT molecular complexity index is 780. The summed E-state index contributed by atoms with van der Waals surface area (Å²) < 4.78 is 4.21. The van der Waals surface area contributed by atoms with Crippen LogP contribution in [0.25, 0.3) is 16.7 Å². The van der Waals surface area contributed by atoms with Crippen molar-refractivity contribution in [3.05, 3.63) is 50.0 Å². The summed E-state index contributed by atoms with van der Waals surface area (Å²) in [6.45, 7) is 2.07. The zero-order valence-corrected chi connectivity index (χ0v) is 13.9. The summed E-state index contributed by atoms with van der Waals surface area (Å²) in [5.41, 5.74) is 10.2.